The quantitative estimate of drug-likeness (QED) is 0.577. The molecule has 0 spiro atoms. The third-order valence-electron chi connectivity index (χ3n) is 3.99. The Balaban J connectivity index is 0.00000192. The van der Waals surface area contributed by atoms with Gasteiger partial charge in [0.1, 0.15) is 5.82 Å². The summed E-state index contributed by atoms with van der Waals surface area (Å²) in [4.78, 5) is 8.91. The van der Waals surface area contributed by atoms with Crippen LogP contribution < -0.4 is 9.80 Å². The van der Waals surface area contributed by atoms with Gasteiger partial charge in [0.15, 0.2) is 0 Å². The van der Waals surface area contributed by atoms with E-state index in [0.29, 0.717) is 6.04 Å². The summed E-state index contributed by atoms with van der Waals surface area (Å²) in [6.07, 6.45) is 1.84. The number of aromatic nitrogens is 1. The van der Waals surface area contributed by atoms with E-state index in [4.69, 9.17) is 0 Å². The Kier molecular flexibility index (Phi) is 5.17. The van der Waals surface area contributed by atoms with Crippen LogP contribution in [0, 0.1) is 12.7 Å². The van der Waals surface area contributed by atoms with Gasteiger partial charge in [0.2, 0.25) is 0 Å². The zero-order valence-corrected chi connectivity index (χ0v) is 16.7. The Morgan fingerprint density at radius 1 is 1.17 bits per heavy atom. The van der Waals surface area contributed by atoms with Crippen LogP contribution in [0.5, 0.6) is 0 Å². The molecule has 0 unspecified atom stereocenters. The molecule has 0 amide bonds. The molecular weight excluding hydrogens is 462 g/mol. The van der Waals surface area contributed by atoms with Gasteiger partial charge in [0, 0.05) is 32.0 Å². The summed E-state index contributed by atoms with van der Waals surface area (Å²) < 4.78 is 0. The molecule has 0 fully saturated rings. The molecule has 0 aliphatic carbocycles. The number of hydrogen-bond donors (Lipinski definition) is 0. The van der Waals surface area contributed by atoms with Crippen molar-refractivity contribution in [2.75, 3.05) is 9.80 Å². The zero-order valence-electron chi connectivity index (χ0n) is 14.3. The van der Waals surface area contributed by atoms with Gasteiger partial charge in [-0.2, -0.15) is 23.8 Å². The van der Waals surface area contributed by atoms with E-state index in [2.05, 4.69) is 86.4 Å². The van der Waals surface area contributed by atoms with Gasteiger partial charge in [-0.25, -0.2) is 4.98 Å². The van der Waals surface area contributed by atoms with Crippen molar-refractivity contribution < 1.29 is 20.1 Å². The summed E-state index contributed by atoms with van der Waals surface area (Å²) >= 11 is 0. The van der Waals surface area contributed by atoms with E-state index in [9.17, 15) is 0 Å². The first-order chi connectivity index (χ1) is 10.4. The molecule has 0 saturated heterocycles. The Labute approximate surface area is 153 Å². The molecule has 0 bridgehead atoms. The van der Waals surface area contributed by atoms with Crippen molar-refractivity contribution in [3.63, 3.8) is 0 Å². The van der Waals surface area contributed by atoms with Gasteiger partial charge in [-0.1, -0.05) is 26.2 Å². The van der Waals surface area contributed by atoms with E-state index >= 15 is 0 Å². The molecule has 0 N–H and O–H groups in total. The first kappa shape index (κ1) is 18.0. The molecule has 1 aromatic carbocycles. The van der Waals surface area contributed by atoms with Crippen LogP contribution >= 0.6 is 0 Å². The van der Waals surface area contributed by atoms with E-state index in [1.807, 2.05) is 12.3 Å². The van der Waals surface area contributed by atoms with Gasteiger partial charge < -0.3 is 9.80 Å². The number of pyridine rings is 1. The Morgan fingerprint density at radius 2 is 1.91 bits per heavy atom. The molecular formula is C19H23IrN3-2. The Bertz CT molecular complexity index is 659. The molecule has 23 heavy (non-hydrogen) atoms. The zero-order chi connectivity index (χ0) is 15.9. The Morgan fingerprint density at radius 3 is 2.48 bits per heavy atom. The van der Waals surface area contributed by atoms with Crippen molar-refractivity contribution >= 4 is 17.2 Å². The van der Waals surface area contributed by atoms with E-state index in [-0.39, 0.29) is 25.5 Å². The average Bonchev–Trinajstić information content (AvgIpc) is 2.86. The normalized spacial score (nSPS) is 14.0. The standard InChI is InChI=1S/C19H23N3.Ir/c1-14(2)21-13-22(18-17(21)7-6-12-20-18)16-10-8-15(9-11-16)19(3,4)5;/h6-10,12-14H,1-5H3;/q-2;. The summed E-state index contributed by atoms with van der Waals surface area (Å²) in [6, 6.07) is 14.3. The maximum absolute atomic E-state index is 4.55. The molecule has 2 aromatic rings. The van der Waals surface area contributed by atoms with Gasteiger partial charge in [-0.15, -0.1) is 18.4 Å². The second-order valence-electron chi connectivity index (χ2n) is 7.05. The van der Waals surface area contributed by atoms with Crippen molar-refractivity contribution in [1.82, 2.24) is 4.98 Å². The van der Waals surface area contributed by atoms with E-state index in [1.54, 1.807) is 0 Å². The van der Waals surface area contributed by atoms with Crippen molar-refractivity contribution in [2.45, 2.75) is 46.1 Å². The maximum Gasteiger partial charge on any atom is 0.124 e. The molecule has 1 aliphatic heterocycles. The minimum atomic E-state index is 0. The minimum Gasteiger partial charge on any atom is -0.498 e. The van der Waals surface area contributed by atoms with Gasteiger partial charge in [-0.05, 0) is 32.0 Å². The summed E-state index contributed by atoms with van der Waals surface area (Å²) in [5, 5.41) is 0. The van der Waals surface area contributed by atoms with E-state index < -0.39 is 0 Å². The van der Waals surface area contributed by atoms with Crippen LogP contribution in [0.1, 0.15) is 40.2 Å². The van der Waals surface area contributed by atoms with Gasteiger partial charge in [0.25, 0.3) is 0 Å². The SMILES string of the molecule is CC(C)N1[CH-]N(c2[c-]cc(C(C)(C)C)cc2)c2ncccc21.[Ir]. The fraction of sp³-hybridized carbons (Fsp3) is 0.368. The van der Waals surface area contributed by atoms with Crippen LogP contribution in [0.3, 0.4) is 0 Å². The third-order valence-corrected chi connectivity index (χ3v) is 3.99. The summed E-state index contributed by atoms with van der Waals surface area (Å²) in [5.74, 6) is 0.968. The molecule has 125 valence electrons. The number of nitrogens with zero attached hydrogens (tertiary/aromatic N) is 3. The monoisotopic (exact) mass is 486 g/mol. The van der Waals surface area contributed by atoms with Crippen molar-refractivity contribution in [1.29, 1.82) is 0 Å². The summed E-state index contributed by atoms with van der Waals surface area (Å²) in [5.41, 5.74) is 3.60. The fourth-order valence-corrected chi connectivity index (χ4v) is 2.64. The molecule has 2 heterocycles. The second kappa shape index (κ2) is 6.62. The van der Waals surface area contributed by atoms with E-state index in [1.165, 1.54) is 5.56 Å². The number of benzene rings is 1. The number of hydrogen-bond acceptors (Lipinski definition) is 3. The predicted molar refractivity (Wildman–Crippen MR) is 92.3 cm³/mol. The predicted octanol–water partition coefficient (Wildman–Crippen LogP) is 4.66. The average molecular weight is 486 g/mol. The van der Waals surface area contributed by atoms with Crippen LogP contribution in [0.4, 0.5) is 17.2 Å². The topological polar surface area (TPSA) is 19.4 Å². The molecule has 3 rings (SSSR count). The molecule has 4 heteroatoms. The molecule has 1 aromatic heterocycles. The first-order valence-electron chi connectivity index (χ1n) is 7.78. The molecule has 1 aliphatic rings. The van der Waals surface area contributed by atoms with Crippen LogP contribution in [0.15, 0.2) is 36.5 Å². The minimum absolute atomic E-state index is 0. The van der Waals surface area contributed by atoms with Crippen LogP contribution in [0.25, 0.3) is 0 Å². The van der Waals surface area contributed by atoms with Crippen LogP contribution in [0.2, 0.25) is 0 Å². The largest absolute Gasteiger partial charge is 0.498 e. The maximum atomic E-state index is 4.55. The van der Waals surface area contributed by atoms with Gasteiger partial charge in [-0.3, -0.25) is 0 Å². The molecule has 1 radical (unpaired) electrons. The van der Waals surface area contributed by atoms with Crippen LogP contribution in [-0.4, -0.2) is 11.0 Å². The van der Waals surface area contributed by atoms with Crippen LogP contribution in [-0.2, 0) is 25.5 Å². The fourth-order valence-electron chi connectivity index (χ4n) is 2.64. The van der Waals surface area contributed by atoms with Gasteiger partial charge >= 0.3 is 0 Å². The first-order valence-corrected chi connectivity index (χ1v) is 7.78. The van der Waals surface area contributed by atoms with Gasteiger partial charge in [0.05, 0.1) is 0 Å². The molecule has 3 nitrogen and oxygen atoms in total. The van der Waals surface area contributed by atoms with Crippen molar-refractivity contribution in [2.24, 2.45) is 0 Å². The third kappa shape index (κ3) is 3.43. The smallest absolute Gasteiger partial charge is 0.124 e. The Hall–Kier alpha value is -1.38. The summed E-state index contributed by atoms with van der Waals surface area (Å²) in [6.45, 7) is 13.1. The second-order valence-corrected chi connectivity index (χ2v) is 7.05. The number of anilines is 3. The molecule has 0 saturated carbocycles. The van der Waals surface area contributed by atoms with Crippen molar-refractivity contribution in [3.8, 4) is 0 Å². The van der Waals surface area contributed by atoms with E-state index in [0.717, 1.165) is 17.2 Å². The molecule has 0 atom stereocenters. The van der Waals surface area contributed by atoms with Crippen molar-refractivity contribution in [3.05, 3.63) is 54.8 Å². The number of fused-ring (bicyclic) bond motifs is 1. The summed E-state index contributed by atoms with van der Waals surface area (Å²) in [7, 11) is 0. The number of rotatable bonds is 2.